The maximum absolute atomic E-state index is 12.2. The van der Waals surface area contributed by atoms with Gasteiger partial charge in [-0.1, -0.05) is 12.1 Å². The van der Waals surface area contributed by atoms with Gasteiger partial charge in [0.2, 0.25) is 0 Å². The average Bonchev–Trinajstić information content (AvgIpc) is 2.85. The third-order valence-electron chi connectivity index (χ3n) is 5.23. The minimum atomic E-state index is -2.64. The third-order valence-corrected chi connectivity index (χ3v) is 9.40. The van der Waals surface area contributed by atoms with Crippen molar-refractivity contribution in [2.24, 2.45) is 0 Å². The highest BCUT2D eigenvalue weighted by Crippen LogP contribution is 2.32. The van der Waals surface area contributed by atoms with Gasteiger partial charge in [-0.2, -0.15) is 0 Å². The van der Waals surface area contributed by atoms with Gasteiger partial charge in [0.15, 0.2) is 0 Å². The first kappa shape index (κ1) is 26.6. The number of aromatic nitrogens is 2. The summed E-state index contributed by atoms with van der Waals surface area (Å²) in [6, 6.07) is 10.8. The van der Waals surface area contributed by atoms with E-state index in [0.29, 0.717) is 44.6 Å². The smallest absolute Gasteiger partial charge is 0.465 e. The number of fused-ring (bicyclic) bond motifs is 3. The second-order valence-electron chi connectivity index (χ2n) is 7.61. The summed E-state index contributed by atoms with van der Waals surface area (Å²) in [4.78, 5) is 22.3. The largest absolute Gasteiger partial charge is 0.500 e. The average molecular weight is 503 g/mol. The van der Waals surface area contributed by atoms with Crippen LogP contribution in [0, 0.1) is 0 Å². The maximum atomic E-state index is 12.2. The van der Waals surface area contributed by atoms with E-state index in [0.717, 1.165) is 39.5 Å². The fourth-order valence-electron chi connectivity index (χ4n) is 3.85. The lowest BCUT2D eigenvalue weighted by atomic mass is 10.1. The molecule has 7 nitrogen and oxygen atoms in total. The van der Waals surface area contributed by atoms with Crippen LogP contribution in [0.25, 0.3) is 21.8 Å². The molecule has 0 amide bonds. The Morgan fingerprint density at radius 1 is 0.941 bits per heavy atom. The Labute approximate surface area is 206 Å². The zero-order chi connectivity index (χ0) is 24.2. The molecule has 0 unspecified atom stereocenters. The van der Waals surface area contributed by atoms with Gasteiger partial charge in [-0.3, -0.25) is 14.8 Å². The molecule has 0 bridgehead atoms. The van der Waals surface area contributed by atoms with E-state index in [9.17, 15) is 4.79 Å². The number of carbonyl (C=O) groups excluding carboxylic acids is 1. The van der Waals surface area contributed by atoms with E-state index in [1.807, 2.05) is 39.0 Å². The van der Waals surface area contributed by atoms with E-state index in [1.54, 1.807) is 24.2 Å². The molecule has 9 heteroatoms. The fourth-order valence-corrected chi connectivity index (χ4v) is 7.46. The van der Waals surface area contributed by atoms with Crippen molar-refractivity contribution in [3.63, 3.8) is 0 Å². The van der Waals surface area contributed by atoms with E-state index in [4.69, 9.17) is 18.0 Å². The number of pyridine rings is 2. The van der Waals surface area contributed by atoms with Crippen molar-refractivity contribution in [2.45, 2.75) is 51.0 Å². The monoisotopic (exact) mass is 502 g/mol. The Bertz CT molecular complexity index is 1050. The summed E-state index contributed by atoms with van der Waals surface area (Å²) >= 11 is 1.67. The third kappa shape index (κ3) is 7.23. The molecule has 0 aliphatic rings. The van der Waals surface area contributed by atoms with Gasteiger partial charge in [0.1, 0.15) is 6.61 Å². The first-order valence-electron chi connectivity index (χ1n) is 11.9. The van der Waals surface area contributed by atoms with Gasteiger partial charge in [-0.25, -0.2) is 0 Å². The molecule has 0 aliphatic carbocycles. The van der Waals surface area contributed by atoms with Crippen molar-refractivity contribution in [1.82, 2.24) is 9.97 Å². The van der Waals surface area contributed by atoms with Crippen LogP contribution in [0.3, 0.4) is 0 Å². The minimum absolute atomic E-state index is 0.175. The van der Waals surface area contributed by atoms with Gasteiger partial charge >= 0.3 is 14.8 Å². The SMILES string of the molecule is CCO[Si](CCCCC(=O)OCCSc1cc2cccnc2c2ncccc12)(OCC)OCC. The second-order valence-corrected chi connectivity index (χ2v) is 11.5. The van der Waals surface area contributed by atoms with Crippen LogP contribution in [-0.2, 0) is 22.8 Å². The highest BCUT2D eigenvalue weighted by molar-refractivity contribution is 7.99. The topological polar surface area (TPSA) is 79.8 Å². The highest BCUT2D eigenvalue weighted by atomic mass is 32.2. The molecule has 34 heavy (non-hydrogen) atoms. The molecule has 0 N–H and O–H groups in total. The number of rotatable bonds is 15. The van der Waals surface area contributed by atoms with E-state index in [1.165, 1.54) is 0 Å². The second kappa shape index (κ2) is 13.7. The molecule has 0 radical (unpaired) electrons. The van der Waals surface area contributed by atoms with E-state index < -0.39 is 8.80 Å². The molecule has 0 atom stereocenters. The predicted octanol–water partition coefficient (Wildman–Crippen LogP) is 5.64. The first-order chi connectivity index (χ1) is 16.6. The number of benzene rings is 1. The quantitative estimate of drug-likeness (QED) is 0.0869. The molecule has 3 aromatic rings. The lowest BCUT2D eigenvalue weighted by molar-refractivity contribution is -0.143. The zero-order valence-corrected chi connectivity index (χ0v) is 22.1. The number of hydrogen-bond acceptors (Lipinski definition) is 8. The molecule has 0 aliphatic heterocycles. The van der Waals surface area contributed by atoms with Crippen molar-refractivity contribution in [3.05, 3.63) is 42.7 Å². The van der Waals surface area contributed by atoms with Crippen LogP contribution in [0.4, 0.5) is 0 Å². The Hall–Kier alpha value is -2.04. The van der Waals surface area contributed by atoms with E-state index in [2.05, 4.69) is 22.1 Å². The molecule has 2 aromatic heterocycles. The van der Waals surface area contributed by atoms with Gasteiger partial charge in [0.05, 0.1) is 11.0 Å². The summed E-state index contributed by atoms with van der Waals surface area (Å²) < 4.78 is 23.1. The molecule has 184 valence electrons. The fraction of sp³-hybridized carbons (Fsp3) is 0.480. The van der Waals surface area contributed by atoms with Crippen LogP contribution in [0.15, 0.2) is 47.6 Å². The van der Waals surface area contributed by atoms with Crippen LogP contribution in [-0.4, -0.2) is 56.9 Å². The molecule has 0 spiro atoms. The van der Waals surface area contributed by atoms with E-state index >= 15 is 0 Å². The number of carbonyl (C=O) groups is 1. The summed E-state index contributed by atoms with van der Waals surface area (Å²) in [6.45, 7) is 7.89. The van der Waals surface area contributed by atoms with Crippen molar-refractivity contribution in [2.75, 3.05) is 32.2 Å². The lowest BCUT2D eigenvalue weighted by Gasteiger charge is -2.28. The van der Waals surface area contributed by atoms with Crippen LogP contribution >= 0.6 is 11.8 Å². The standard InChI is InChI=1S/C25H34N2O5SSi/c1-4-30-34(31-5-2,32-6-3)18-8-7-13-23(28)29-16-17-33-22-19-20-11-9-14-26-24(20)25-21(22)12-10-15-27-25/h9-12,14-15,19H,4-8,13,16-18H2,1-3H3. The van der Waals surface area contributed by atoms with Gasteiger partial charge in [0.25, 0.3) is 0 Å². The Kier molecular flexibility index (Phi) is 10.7. The van der Waals surface area contributed by atoms with Gasteiger partial charge in [0, 0.05) is 66.1 Å². The molecule has 0 saturated heterocycles. The maximum Gasteiger partial charge on any atom is 0.500 e. The van der Waals surface area contributed by atoms with Gasteiger partial charge < -0.3 is 18.0 Å². The Balaban J connectivity index is 1.44. The molecule has 0 saturated carbocycles. The zero-order valence-electron chi connectivity index (χ0n) is 20.2. The summed E-state index contributed by atoms with van der Waals surface area (Å²) in [5, 5.41) is 2.12. The molecule has 2 heterocycles. The Morgan fingerprint density at radius 3 is 2.32 bits per heavy atom. The Morgan fingerprint density at radius 2 is 1.62 bits per heavy atom. The van der Waals surface area contributed by atoms with Crippen LogP contribution in [0.5, 0.6) is 0 Å². The van der Waals surface area contributed by atoms with Gasteiger partial charge in [-0.15, -0.1) is 11.8 Å². The normalized spacial score (nSPS) is 11.9. The summed E-state index contributed by atoms with van der Waals surface area (Å²) in [5.74, 6) is 0.502. The summed E-state index contributed by atoms with van der Waals surface area (Å²) in [6.07, 6.45) is 5.49. The molecular weight excluding hydrogens is 468 g/mol. The van der Waals surface area contributed by atoms with Crippen LogP contribution in [0.2, 0.25) is 6.04 Å². The molecular formula is C25H34N2O5SSi. The van der Waals surface area contributed by atoms with E-state index in [-0.39, 0.29) is 5.97 Å². The van der Waals surface area contributed by atoms with Crippen molar-refractivity contribution >= 4 is 48.3 Å². The van der Waals surface area contributed by atoms with Crippen LogP contribution in [0.1, 0.15) is 40.0 Å². The highest BCUT2D eigenvalue weighted by Gasteiger charge is 2.39. The number of hydrogen-bond donors (Lipinski definition) is 0. The molecule has 0 fully saturated rings. The number of ether oxygens (including phenoxy) is 1. The number of unbranched alkanes of at least 4 members (excludes halogenated alkanes) is 1. The van der Waals surface area contributed by atoms with Crippen molar-refractivity contribution in [1.29, 1.82) is 0 Å². The first-order valence-corrected chi connectivity index (χ1v) is 14.9. The van der Waals surface area contributed by atoms with Crippen LogP contribution < -0.4 is 0 Å². The lowest BCUT2D eigenvalue weighted by Crippen LogP contribution is -2.45. The van der Waals surface area contributed by atoms with Gasteiger partial charge in [-0.05, 0) is 51.8 Å². The van der Waals surface area contributed by atoms with Crippen molar-refractivity contribution in [3.8, 4) is 0 Å². The minimum Gasteiger partial charge on any atom is -0.465 e. The molecule has 1 aromatic carbocycles. The summed E-state index contributed by atoms with van der Waals surface area (Å²) in [7, 11) is -2.64. The molecule has 3 rings (SSSR count). The number of thioether (sulfide) groups is 1. The summed E-state index contributed by atoms with van der Waals surface area (Å²) in [5.41, 5.74) is 1.80. The number of esters is 1. The predicted molar refractivity (Wildman–Crippen MR) is 138 cm³/mol. The number of nitrogens with zero attached hydrogens (tertiary/aromatic N) is 2. The van der Waals surface area contributed by atoms with Crippen molar-refractivity contribution < 1.29 is 22.8 Å².